The smallest absolute Gasteiger partial charge is 0.271 e. The maximum atomic E-state index is 14.0. The first-order valence-corrected chi connectivity index (χ1v) is 6.42. The summed E-state index contributed by atoms with van der Waals surface area (Å²) >= 11 is 5.83. The molecule has 3 heterocycles. The molecular weight excluding hydrogens is 293 g/mol. The molecule has 20 heavy (non-hydrogen) atoms. The number of fused-ring (bicyclic) bond motifs is 1. The van der Waals surface area contributed by atoms with E-state index in [1.54, 1.807) is 0 Å². The minimum Gasteiger partial charge on any atom is -0.362 e. The molecule has 0 aliphatic carbocycles. The highest BCUT2D eigenvalue weighted by Crippen LogP contribution is 2.45. The standard InChI is InChI=1S/C12H12ClF3N4/c1-11(2)5-19(6-12(11,15)16)7-3-8(13)18-20-9(14)4-17-10(7)20/h3-4H,5-6H2,1-2H3. The Morgan fingerprint density at radius 3 is 2.60 bits per heavy atom. The number of alkyl halides is 2. The van der Waals surface area contributed by atoms with Gasteiger partial charge >= 0.3 is 0 Å². The monoisotopic (exact) mass is 304 g/mol. The lowest BCUT2D eigenvalue weighted by atomic mass is 9.89. The van der Waals surface area contributed by atoms with Gasteiger partial charge < -0.3 is 4.90 Å². The van der Waals surface area contributed by atoms with E-state index < -0.39 is 23.8 Å². The second-order valence-corrected chi connectivity index (χ2v) is 6.00. The van der Waals surface area contributed by atoms with Crippen LogP contribution in [0.2, 0.25) is 5.15 Å². The Morgan fingerprint density at radius 2 is 2.00 bits per heavy atom. The van der Waals surface area contributed by atoms with Gasteiger partial charge in [0, 0.05) is 18.0 Å². The fraction of sp³-hybridized carbons (Fsp3) is 0.500. The second-order valence-electron chi connectivity index (χ2n) is 5.61. The van der Waals surface area contributed by atoms with Gasteiger partial charge in [-0.15, -0.1) is 0 Å². The lowest BCUT2D eigenvalue weighted by Gasteiger charge is -2.24. The van der Waals surface area contributed by atoms with Crippen molar-refractivity contribution in [2.45, 2.75) is 19.8 Å². The van der Waals surface area contributed by atoms with Gasteiger partial charge in [0.1, 0.15) is 0 Å². The Hall–Kier alpha value is -1.50. The summed E-state index contributed by atoms with van der Waals surface area (Å²) in [5.41, 5.74) is -0.634. The zero-order valence-electron chi connectivity index (χ0n) is 10.9. The van der Waals surface area contributed by atoms with Gasteiger partial charge in [0.15, 0.2) is 10.8 Å². The first kappa shape index (κ1) is 13.5. The van der Waals surface area contributed by atoms with E-state index in [0.29, 0.717) is 5.69 Å². The fourth-order valence-electron chi connectivity index (χ4n) is 2.40. The number of halogens is 4. The van der Waals surface area contributed by atoms with E-state index in [1.165, 1.54) is 24.8 Å². The van der Waals surface area contributed by atoms with Crippen LogP contribution in [0.1, 0.15) is 13.8 Å². The number of anilines is 1. The Kier molecular flexibility index (Phi) is 2.70. The molecule has 2 aromatic rings. The van der Waals surface area contributed by atoms with Crippen LogP contribution in [0.5, 0.6) is 0 Å². The highest BCUT2D eigenvalue weighted by molar-refractivity contribution is 6.29. The van der Waals surface area contributed by atoms with Gasteiger partial charge in [-0.1, -0.05) is 25.4 Å². The largest absolute Gasteiger partial charge is 0.362 e. The molecular formula is C12H12ClF3N4. The summed E-state index contributed by atoms with van der Waals surface area (Å²) in [5, 5.41) is 3.80. The topological polar surface area (TPSA) is 33.4 Å². The second kappa shape index (κ2) is 4.00. The summed E-state index contributed by atoms with van der Waals surface area (Å²) in [6.45, 7) is 2.67. The van der Waals surface area contributed by atoms with Gasteiger partial charge in [-0.3, -0.25) is 0 Å². The van der Waals surface area contributed by atoms with Crippen molar-refractivity contribution < 1.29 is 13.2 Å². The van der Waals surface area contributed by atoms with Crippen molar-refractivity contribution in [3.05, 3.63) is 23.4 Å². The van der Waals surface area contributed by atoms with Crippen molar-refractivity contribution in [2.24, 2.45) is 5.41 Å². The fourth-order valence-corrected chi connectivity index (χ4v) is 2.58. The van der Waals surface area contributed by atoms with Crippen molar-refractivity contribution >= 4 is 22.9 Å². The molecule has 0 aromatic carbocycles. The Morgan fingerprint density at radius 1 is 1.30 bits per heavy atom. The number of hydrogen-bond acceptors (Lipinski definition) is 3. The first-order valence-electron chi connectivity index (χ1n) is 6.04. The maximum Gasteiger partial charge on any atom is 0.271 e. The lowest BCUT2D eigenvalue weighted by Crippen LogP contribution is -2.34. The third kappa shape index (κ3) is 1.83. The molecule has 3 rings (SSSR count). The van der Waals surface area contributed by atoms with E-state index in [9.17, 15) is 13.2 Å². The van der Waals surface area contributed by atoms with Crippen LogP contribution in [0.4, 0.5) is 18.9 Å². The van der Waals surface area contributed by atoms with Crippen molar-refractivity contribution in [1.82, 2.24) is 14.6 Å². The van der Waals surface area contributed by atoms with Crippen molar-refractivity contribution in [1.29, 1.82) is 0 Å². The van der Waals surface area contributed by atoms with E-state index >= 15 is 0 Å². The predicted molar refractivity (Wildman–Crippen MR) is 68.9 cm³/mol. The van der Waals surface area contributed by atoms with E-state index in [4.69, 9.17) is 11.6 Å². The third-order valence-electron chi connectivity index (χ3n) is 3.68. The summed E-state index contributed by atoms with van der Waals surface area (Å²) in [7, 11) is 0. The lowest BCUT2D eigenvalue weighted by molar-refractivity contribution is -0.0642. The number of aromatic nitrogens is 3. The number of rotatable bonds is 1. The normalized spacial score (nSPS) is 20.8. The van der Waals surface area contributed by atoms with E-state index in [0.717, 1.165) is 10.7 Å². The summed E-state index contributed by atoms with van der Waals surface area (Å²) in [4.78, 5) is 5.35. The summed E-state index contributed by atoms with van der Waals surface area (Å²) in [6.07, 6.45) is 0.988. The van der Waals surface area contributed by atoms with Crippen LogP contribution < -0.4 is 4.90 Å². The zero-order chi connectivity index (χ0) is 14.7. The third-order valence-corrected chi connectivity index (χ3v) is 3.87. The van der Waals surface area contributed by atoms with Crippen LogP contribution in [0.25, 0.3) is 5.65 Å². The summed E-state index contributed by atoms with van der Waals surface area (Å²) in [5.74, 6) is -3.53. The molecule has 4 nitrogen and oxygen atoms in total. The summed E-state index contributed by atoms with van der Waals surface area (Å²) < 4.78 is 42.4. The molecule has 0 unspecified atom stereocenters. The van der Waals surface area contributed by atoms with Gasteiger partial charge in [-0.05, 0) is 0 Å². The predicted octanol–water partition coefficient (Wildman–Crippen LogP) is 3.00. The molecule has 2 aromatic heterocycles. The van der Waals surface area contributed by atoms with Crippen LogP contribution in [0, 0.1) is 11.4 Å². The number of hydrogen-bond donors (Lipinski definition) is 0. The van der Waals surface area contributed by atoms with Crippen LogP contribution >= 0.6 is 11.6 Å². The molecule has 0 atom stereocenters. The molecule has 0 N–H and O–H groups in total. The molecule has 0 amide bonds. The average Bonchev–Trinajstić information content (AvgIpc) is 2.78. The van der Waals surface area contributed by atoms with E-state index in [-0.39, 0.29) is 17.3 Å². The minimum absolute atomic E-state index is 0.0254. The van der Waals surface area contributed by atoms with E-state index in [2.05, 4.69) is 10.1 Å². The number of nitrogens with zero attached hydrogens (tertiary/aromatic N) is 4. The zero-order valence-corrected chi connectivity index (χ0v) is 11.6. The average molecular weight is 305 g/mol. The SMILES string of the molecule is CC1(C)CN(c2cc(Cl)nn3c(F)cnc23)CC1(F)F. The molecule has 0 radical (unpaired) electrons. The quantitative estimate of drug-likeness (QED) is 0.812. The van der Waals surface area contributed by atoms with Gasteiger partial charge in [0.05, 0.1) is 18.4 Å². The molecule has 0 saturated carbocycles. The molecule has 108 valence electrons. The van der Waals surface area contributed by atoms with Crippen molar-refractivity contribution in [3.63, 3.8) is 0 Å². The van der Waals surface area contributed by atoms with Crippen LogP contribution in [-0.2, 0) is 0 Å². The molecule has 0 bridgehead atoms. The molecule has 1 fully saturated rings. The Bertz CT molecular complexity index is 667. The van der Waals surface area contributed by atoms with Crippen molar-refractivity contribution in [3.8, 4) is 0 Å². The molecule has 0 spiro atoms. The highest BCUT2D eigenvalue weighted by Gasteiger charge is 2.54. The Balaban J connectivity index is 2.12. The minimum atomic E-state index is -2.84. The maximum absolute atomic E-state index is 14.0. The Labute approximate surface area is 118 Å². The van der Waals surface area contributed by atoms with Gasteiger partial charge in [0.25, 0.3) is 5.92 Å². The van der Waals surface area contributed by atoms with Gasteiger partial charge in [-0.2, -0.15) is 14.0 Å². The summed E-state index contributed by atoms with van der Waals surface area (Å²) in [6, 6.07) is 1.43. The first-order chi connectivity index (χ1) is 9.21. The van der Waals surface area contributed by atoms with Gasteiger partial charge in [-0.25, -0.2) is 13.8 Å². The van der Waals surface area contributed by atoms with Crippen LogP contribution in [-0.4, -0.2) is 33.6 Å². The highest BCUT2D eigenvalue weighted by atomic mass is 35.5. The molecule has 1 aliphatic rings. The van der Waals surface area contributed by atoms with Crippen molar-refractivity contribution in [2.75, 3.05) is 18.0 Å². The van der Waals surface area contributed by atoms with Crippen LogP contribution in [0.15, 0.2) is 12.3 Å². The molecule has 1 saturated heterocycles. The number of imidazole rings is 1. The van der Waals surface area contributed by atoms with E-state index in [1.807, 2.05) is 0 Å². The van der Waals surface area contributed by atoms with Crippen LogP contribution in [0.3, 0.4) is 0 Å². The molecule has 1 aliphatic heterocycles. The molecule has 8 heteroatoms. The van der Waals surface area contributed by atoms with Gasteiger partial charge in [0.2, 0.25) is 5.95 Å².